The van der Waals surface area contributed by atoms with E-state index in [1.54, 1.807) is 0 Å². The van der Waals surface area contributed by atoms with Gasteiger partial charge in [0.25, 0.3) is 0 Å². The van der Waals surface area contributed by atoms with Gasteiger partial charge >= 0.3 is 0 Å². The van der Waals surface area contributed by atoms with Gasteiger partial charge in [0.05, 0.1) is 44.5 Å². The molecule has 0 amide bonds. The molecule has 5 heterocycles. The van der Waals surface area contributed by atoms with E-state index in [0.29, 0.717) is 0 Å². The molecule has 0 spiro atoms. The van der Waals surface area contributed by atoms with Crippen molar-refractivity contribution in [1.29, 1.82) is 0 Å². The molecule has 5 heteroatoms. The molecule has 0 N–H and O–H groups in total. The normalized spacial score (nSPS) is 11.7. The van der Waals surface area contributed by atoms with Crippen LogP contribution < -0.4 is 0 Å². The third-order valence-corrected chi connectivity index (χ3v) is 7.21. The monoisotopic (exact) mass is 487 g/mol. The van der Waals surface area contributed by atoms with Gasteiger partial charge in [-0.15, -0.1) is 0 Å². The van der Waals surface area contributed by atoms with Crippen molar-refractivity contribution in [2.45, 2.75) is 0 Å². The highest BCUT2D eigenvalue weighted by Gasteiger charge is 2.18. The molecule has 8 rings (SSSR count). The van der Waals surface area contributed by atoms with Crippen molar-refractivity contribution >= 4 is 43.9 Å². The fraction of sp³-hybridized carbons (Fsp3) is 0. The molecule has 5 nitrogen and oxygen atoms in total. The molecule has 3 aromatic carbocycles. The zero-order chi connectivity index (χ0) is 25.1. The van der Waals surface area contributed by atoms with E-state index in [0.717, 1.165) is 66.6 Å². The molecule has 0 saturated heterocycles. The number of aromatic nitrogens is 5. The first-order chi connectivity index (χ1) is 18.9. The number of pyridine rings is 3. The van der Waals surface area contributed by atoms with E-state index in [1.807, 2.05) is 30.6 Å². The van der Waals surface area contributed by atoms with E-state index in [1.165, 1.54) is 0 Å². The lowest BCUT2D eigenvalue weighted by Gasteiger charge is -2.14. The molecule has 0 aliphatic rings. The maximum Gasteiger partial charge on any atom is 0.140 e. The van der Waals surface area contributed by atoms with Gasteiger partial charge < -0.3 is 4.57 Å². The van der Waals surface area contributed by atoms with Gasteiger partial charge in [0.1, 0.15) is 5.82 Å². The van der Waals surface area contributed by atoms with Crippen molar-refractivity contribution in [1.82, 2.24) is 24.1 Å². The van der Waals surface area contributed by atoms with E-state index in [2.05, 4.69) is 106 Å². The highest BCUT2D eigenvalue weighted by molar-refractivity contribution is 6.08. The van der Waals surface area contributed by atoms with E-state index in [-0.39, 0.29) is 0 Å². The van der Waals surface area contributed by atoms with Crippen LogP contribution in [0.5, 0.6) is 0 Å². The predicted molar refractivity (Wildman–Crippen MR) is 154 cm³/mol. The second-order valence-electron chi connectivity index (χ2n) is 9.38. The molecule has 0 aliphatic carbocycles. The van der Waals surface area contributed by atoms with Crippen LogP contribution in [0.3, 0.4) is 0 Å². The summed E-state index contributed by atoms with van der Waals surface area (Å²) in [6.45, 7) is 0. The van der Waals surface area contributed by atoms with Crippen molar-refractivity contribution in [2.24, 2.45) is 0 Å². The maximum absolute atomic E-state index is 5.22. The van der Waals surface area contributed by atoms with Gasteiger partial charge in [0, 0.05) is 34.8 Å². The number of hydrogen-bond acceptors (Lipinski definition) is 3. The first-order valence-electron chi connectivity index (χ1n) is 12.6. The van der Waals surface area contributed by atoms with Crippen molar-refractivity contribution in [3.8, 4) is 22.8 Å². The Morgan fingerprint density at radius 3 is 1.71 bits per heavy atom. The average molecular weight is 488 g/mol. The Morgan fingerprint density at radius 1 is 0.474 bits per heavy atom. The van der Waals surface area contributed by atoms with Crippen LogP contribution in [0.4, 0.5) is 0 Å². The highest BCUT2D eigenvalue weighted by atomic mass is 15.1. The van der Waals surface area contributed by atoms with Crippen LogP contribution in [0.1, 0.15) is 0 Å². The summed E-state index contributed by atoms with van der Waals surface area (Å²) in [5, 5.41) is 2.24. The number of para-hydroxylation sites is 2. The zero-order valence-corrected chi connectivity index (χ0v) is 20.4. The van der Waals surface area contributed by atoms with Gasteiger partial charge in [-0.1, -0.05) is 66.7 Å². The lowest BCUT2D eigenvalue weighted by molar-refractivity contribution is 1.06. The SMILES string of the molecule is c1ccc(-c2cc(-n3c4ccccc4c4ncccc43)cc(-n3c4ccccc4c4ncccc43)n2)cc1. The van der Waals surface area contributed by atoms with Gasteiger partial charge in [-0.05, 0) is 42.5 Å². The molecule has 38 heavy (non-hydrogen) atoms. The number of hydrogen-bond donors (Lipinski definition) is 0. The number of fused-ring (bicyclic) bond motifs is 6. The number of nitrogens with zero attached hydrogens (tertiary/aromatic N) is 5. The Labute approximate surface area is 218 Å². The molecular weight excluding hydrogens is 466 g/mol. The fourth-order valence-electron chi connectivity index (χ4n) is 5.59. The Morgan fingerprint density at radius 2 is 1.03 bits per heavy atom. The maximum atomic E-state index is 5.22. The predicted octanol–water partition coefficient (Wildman–Crippen LogP) is 7.73. The molecule has 0 saturated carbocycles. The zero-order valence-electron chi connectivity index (χ0n) is 20.4. The topological polar surface area (TPSA) is 48.5 Å². The second-order valence-corrected chi connectivity index (χ2v) is 9.38. The molecule has 5 aromatic heterocycles. The Balaban J connectivity index is 1.51. The summed E-state index contributed by atoms with van der Waals surface area (Å²) in [5.74, 6) is 0.843. The summed E-state index contributed by atoms with van der Waals surface area (Å²) < 4.78 is 4.52. The quantitative estimate of drug-likeness (QED) is 0.256. The Bertz CT molecular complexity index is 1900. The third kappa shape index (κ3) is 3.02. The summed E-state index contributed by atoms with van der Waals surface area (Å²) in [5.41, 5.74) is 9.24. The molecule has 0 radical (unpaired) electrons. The smallest absolute Gasteiger partial charge is 0.140 e. The van der Waals surface area contributed by atoms with Gasteiger partial charge in [-0.2, -0.15) is 0 Å². The fourth-order valence-corrected chi connectivity index (χ4v) is 5.59. The van der Waals surface area contributed by atoms with Crippen LogP contribution in [-0.4, -0.2) is 24.1 Å². The van der Waals surface area contributed by atoms with Crippen LogP contribution in [-0.2, 0) is 0 Å². The van der Waals surface area contributed by atoms with Gasteiger partial charge in [0.2, 0.25) is 0 Å². The van der Waals surface area contributed by atoms with Crippen molar-refractivity contribution in [3.05, 3.63) is 128 Å². The molecule has 0 atom stereocenters. The Kier molecular flexibility index (Phi) is 4.45. The summed E-state index contributed by atoms with van der Waals surface area (Å²) >= 11 is 0. The lowest BCUT2D eigenvalue weighted by Crippen LogP contribution is -2.03. The molecule has 178 valence electrons. The van der Waals surface area contributed by atoms with Crippen LogP contribution in [0, 0.1) is 0 Å². The summed E-state index contributed by atoms with van der Waals surface area (Å²) in [4.78, 5) is 14.7. The third-order valence-electron chi connectivity index (χ3n) is 7.21. The van der Waals surface area contributed by atoms with Crippen LogP contribution in [0.25, 0.3) is 66.6 Å². The van der Waals surface area contributed by atoms with Crippen molar-refractivity contribution in [3.63, 3.8) is 0 Å². The lowest BCUT2D eigenvalue weighted by atomic mass is 10.1. The largest absolute Gasteiger partial charge is 0.307 e. The molecule has 0 unspecified atom stereocenters. The van der Waals surface area contributed by atoms with Crippen LogP contribution >= 0.6 is 0 Å². The standard InChI is InChI=1S/C33H21N5/c1-2-10-22(11-3-1)26-20-23(37-27-14-6-4-12-24(27)32-29(37)16-8-18-34-32)21-31(36-26)38-28-15-7-5-13-25(28)33-30(38)17-9-19-35-33/h1-21H. The van der Waals surface area contributed by atoms with E-state index in [4.69, 9.17) is 15.0 Å². The highest BCUT2D eigenvalue weighted by Crippen LogP contribution is 2.35. The summed E-state index contributed by atoms with van der Waals surface area (Å²) in [6.07, 6.45) is 3.71. The molecule has 0 aliphatic heterocycles. The summed E-state index contributed by atoms with van der Waals surface area (Å²) in [7, 11) is 0. The Hall–Kier alpha value is -5.29. The molecule has 8 aromatic rings. The van der Waals surface area contributed by atoms with Crippen molar-refractivity contribution < 1.29 is 0 Å². The first kappa shape index (κ1) is 20.9. The summed E-state index contributed by atoms with van der Waals surface area (Å²) in [6, 6.07) is 39.8. The van der Waals surface area contributed by atoms with Gasteiger partial charge in [-0.25, -0.2) is 4.98 Å². The average Bonchev–Trinajstić information content (AvgIpc) is 3.51. The number of benzene rings is 3. The molecule has 0 fully saturated rings. The van der Waals surface area contributed by atoms with Gasteiger partial charge in [-0.3, -0.25) is 14.5 Å². The van der Waals surface area contributed by atoms with E-state index in [9.17, 15) is 0 Å². The van der Waals surface area contributed by atoms with E-state index < -0.39 is 0 Å². The second kappa shape index (κ2) is 8.11. The minimum atomic E-state index is 0.843. The first-order valence-corrected chi connectivity index (χ1v) is 12.6. The van der Waals surface area contributed by atoms with E-state index >= 15 is 0 Å². The number of rotatable bonds is 3. The molecular formula is C33H21N5. The van der Waals surface area contributed by atoms with Gasteiger partial charge in [0.15, 0.2) is 0 Å². The minimum absolute atomic E-state index is 0.843. The minimum Gasteiger partial charge on any atom is -0.307 e. The van der Waals surface area contributed by atoms with Crippen LogP contribution in [0.2, 0.25) is 0 Å². The molecule has 0 bridgehead atoms. The van der Waals surface area contributed by atoms with Crippen molar-refractivity contribution in [2.75, 3.05) is 0 Å². The van der Waals surface area contributed by atoms with Crippen LogP contribution in [0.15, 0.2) is 128 Å².